The zero-order valence-corrected chi connectivity index (χ0v) is 12.8. The van der Waals surface area contributed by atoms with Crippen LogP contribution in [0.25, 0.3) is 11.6 Å². The molecule has 0 saturated heterocycles. The van der Waals surface area contributed by atoms with E-state index in [1.165, 1.54) is 12.1 Å². The molecule has 0 atom stereocenters. The molecule has 0 aliphatic heterocycles. The minimum absolute atomic E-state index is 0.0189. The van der Waals surface area contributed by atoms with Gasteiger partial charge in [-0.05, 0) is 42.0 Å². The fourth-order valence-electron chi connectivity index (χ4n) is 1.84. The zero-order valence-electron chi connectivity index (χ0n) is 11.2. The lowest BCUT2D eigenvalue weighted by Crippen LogP contribution is -1.99. The number of aliphatic carboxylic acids is 1. The molecular weight excluding hydrogens is 336 g/mol. The van der Waals surface area contributed by atoms with E-state index in [9.17, 15) is 15.0 Å². The van der Waals surface area contributed by atoms with Gasteiger partial charge in [-0.2, -0.15) is 0 Å². The van der Waals surface area contributed by atoms with E-state index in [2.05, 4.69) is 15.9 Å². The number of benzene rings is 2. The summed E-state index contributed by atoms with van der Waals surface area (Å²) in [7, 11) is 1.54. The summed E-state index contributed by atoms with van der Waals surface area (Å²) in [5.41, 5.74) is 1.05. The van der Waals surface area contributed by atoms with Crippen LogP contribution in [-0.4, -0.2) is 23.3 Å². The molecule has 2 aromatic rings. The van der Waals surface area contributed by atoms with Crippen LogP contribution in [0.4, 0.5) is 0 Å². The Kier molecular flexibility index (Phi) is 4.65. The normalized spacial score (nSPS) is 11.2. The van der Waals surface area contributed by atoms with Crippen LogP contribution in [0.3, 0.4) is 0 Å². The first-order valence-electron chi connectivity index (χ1n) is 6.09. The highest BCUT2D eigenvalue weighted by molar-refractivity contribution is 9.10. The van der Waals surface area contributed by atoms with Crippen molar-refractivity contribution in [2.45, 2.75) is 0 Å². The summed E-state index contributed by atoms with van der Waals surface area (Å²) in [5, 5.41) is 19.2. The highest BCUT2D eigenvalue weighted by Crippen LogP contribution is 2.27. The van der Waals surface area contributed by atoms with Gasteiger partial charge in [-0.15, -0.1) is 0 Å². The number of hydrogen-bond donors (Lipinski definition) is 2. The molecule has 0 heterocycles. The van der Waals surface area contributed by atoms with Crippen LogP contribution >= 0.6 is 15.9 Å². The number of ether oxygens (including phenoxy) is 1. The molecular formula is C16H13BrO4. The molecule has 0 spiro atoms. The van der Waals surface area contributed by atoms with Gasteiger partial charge in [0, 0.05) is 10.0 Å². The Labute approximate surface area is 130 Å². The van der Waals surface area contributed by atoms with Crippen LogP contribution < -0.4 is 4.74 Å². The van der Waals surface area contributed by atoms with Gasteiger partial charge in [-0.25, -0.2) is 4.79 Å². The van der Waals surface area contributed by atoms with E-state index < -0.39 is 5.97 Å². The molecule has 0 unspecified atom stereocenters. The Balaban J connectivity index is 2.49. The third-order valence-electron chi connectivity index (χ3n) is 2.92. The van der Waals surface area contributed by atoms with Crippen molar-refractivity contribution in [2.24, 2.45) is 0 Å². The van der Waals surface area contributed by atoms with E-state index >= 15 is 0 Å². The second-order valence-electron chi connectivity index (χ2n) is 4.29. The zero-order chi connectivity index (χ0) is 15.4. The third kappa shape index (κ3) is 3.64. The number of halogens is 1. The van der Waals surface area contributed by atoms with Crippen LogP contribution in [0.2, 0.25) is 0 Å². The molecule has 0 aliphatic rings. The van der Waals surface area contributed by atoms with Crippen molar-refractivity contribution in [3.63, 3.8) is 0 Å². The Bertz CT molecular complexity index is 690. The Morgan fingerprint density at radius 1 is 1.19 bits per heavy atom. The second kappa shape index (κ2) is 6.45. The van der Waals surface area contributed by atoms with Crippen molar-refractivity contribution in [3.05, 3.63) is 58.1 Å². The summed E-state index contributed by atoms with van der Waals surface area (Å²) in [5.74, 6) is -0.404. The van der Waals surface area contributed by atoms with Gasteiger partial charge >= 0.3 is 5.97 Å². The van der Waals surface area contributed by atoms with Crippen molar-refractivity contribution in [2.75, 3.05) is 7.11 Å². The number of hydrogen-bond acceptors (Lipinski definition) is 3. The number of phenolic OH excluding ortho intramolecular Hbond substituents is 1. The molecule has 0 radical (unpaired) electrons. The summed E-state index contributed by atoms with van der Waals surface area (Å²) in [6, 6.07) is 11.5. The van der Waals surface area contributed by atoms with E-state index in [0.717, 1.165) is 4.47 Å². The second-order valence-corrected chi connectivity index (χ2v) is 5.21. The summed E-state index contributed by atoms with van der Waals surface area (Å²) < 4.78 is 5.81. The molecule has 2 N–H and O–H groups in total. The molecule has 108 valence electrons. The summed E-state index contributed by atoms with van der Waals surface area (Å²) in [6.45, 7) is 0. The van der Waals surface area contributed by atoms with Crippen molar-refractivity contribution >= 4 is 33.5 Å². The molecule has 2 rings (SSSR count). The maximum Gasteiger partial charge on any atom is 0.336 e. The fraction of sp³-hybridized carbons (Fsp3) is 0.0625. The maximum absolute atomic E-state index is 11.5. The standard InChI is InChI=1S/C16H13BrO4/c1-21-13-5-2-10(3-6-13)14(16(19)20)9-11-8-12(17)4-7-15(11)18/h2-9,18H,1H3,(H,19,20)/b14-9-. The number of carboxylic acids is 1. The van der Waals surface area contributed by atoms with E-state index in [4.69, 9.17) is 4.74 Å². The van der Waals surface area contributed by atoms with Crippen LogP contribution in [0.1, 0.15) is 11.1 Å². The van der Waals surface area contributed by atoms with Crippen LogP contribution in [0.5, 0.6) is 11.5 Å². The van der Waals surface area contributed by atoms with Crippen LogP contribution in [0.15, 0.2) is 46.9 Å². The van der Waals surface area contributed by atoms with E-state index in [0.29, 0.717) is 16.9 Å². The highest BCUT2D eigenvalue weighted by atomic mass is 79.9. The Hall–Kier alpha value is -2.27. The van der Waals surface area contributed by atoms with E-state index in [-0.39, 0.29) is 11.3 Å². The molecule has 21 heavy (non-hydrogen) atoms. The predicted octanol–water partition coefficient (Wildman–Crippen LogP) is 3.79. The minimum Gasteiger partial charge on any atom is -0.507 e. The molecule has 0 aliphatic carbocycles. The van der Waals surface area contributed by atoms with E-state index in [1.54, 1.807) is 43.5 Å². The van der Waals surface area contributed by atoms with Crippen molar-refractivity contribution in [1.29, 1.82) is 0 Å². The first-order valence-corrected chi connectivity index (χ1v) is 6.88. The van der Waals surface area contributed by atoms with Gasteiger partial charge < -0.3 is 14.9 Å². The van der Waals surface area contributed by atoms with Crippen LogP contribution in [-0.2, 0) is 4.79 Å². The average molecular weight is 349 g/mol. The smallest absolute Gasteiger partial charge is 0.336 e. The monoisotopic (exact) mass is 348 g/mol. The highest BCUT2D eigenvalue weighted by Gasteiger charge is 2.12. The van der Waals surface area contributed by atoms with Gasteiger partial charge in [-0.1, -0.05) is 28.1 Å². The van der Waals surface area contributed by atoms with Gasteiger partial charge in [-0.3, -0.25) is 0 Å². The number of methoxy groups -OCH3 is 1. The maximum atomic E-state index is 11.5. The lowest BCUT2D eigenvalue weighted by Gasteiger charge is -2.06. The minimum atomic E-state index is -1.07. The number of phenols is 1. The fourth-order valence-corrected chi connectivity index (χ4v) is 2.21. The largest absolute Gasteiger partial charge is 0.507 e. The number of carbonyl (C=O) groups is 1. The summed E-state index contributed by atoms with van der Waals surface area (Å²) in [6.07, 6.45) is 1.43. The number of carboxylic acid groups (broad SMARTS) is 1. The topological polar surface area (TPSA) is 66.8 Å². The van der Waals surface area contributed by atoms with Gasteiger partial charge in [0.2, 0.25) is 0 Å². The Morgan fingerprint density at radius 2 is 1.86 bits per heavy atom. The molecule has 0 aromatic heterocycles. The molecule has 0 bridgehead atoms. The van der Waals surface area contributed by atoms with E-state index in [1.807, 2.05) is 0 Å². The van der Waals surface area contributed by atoms with Gasteiger partial charge in [0.15, 0.2) is 0 Å². The first kappa shape index (κ1) is 15.1. The van der Waals surface area contributed by atoms with Crippen LogP contribution in [0, 0.1) is 0 Å². The number of aromatic hydroxyl groups is 1. The van der Waals surface area contributed by atoms with Crippen molar-refractivity contribution in [1.82, 2.24) is 0 Å². The molecule has 2 aromatic carbocycles. The number of rotatable bonds is 4. The average Bonchev–Trinajstić information content (AvgIpc) is 2.48. The predicted molar refractivity (Wildman–Crippen MR) is 84.3 cm³/mol. The van der Waals surface area contributed by atoms with Gasteiger partial charge in [0.25, 0.3) is 0 Å². The van der Waals surface area contributed by atoms with Gasteiger partial charge in [0.1, 0.15) is 11.5 Å². The molecule has 0 amide bonds. The molecule has 4 nitrogen and oxygen atoms in total. The molecule has 5 heteroatoms. The van der Waals surface area contributed by atoms with Crippen molar-refractivity contribution in [3.8, 4) is 11.5 Å². The summed E-state index contributed by atoms with van der Waals surface area (Å²) in [4.78, 5) is 11.5. The van der Waals surface area contributed by atoms with Gasteiger partial charge in [0.05, 0.1) is 12.7 Å². The Morgan fingerprint density at radius 3 is 2.43 bits per heavy atom. The summed E-state index contributed by atoms with van der Waals surface area (Å²) >= 11 is 3.29. The molecule has 0 fully saturated rings. The quantitative estimate of drug-likeness (QED) is 0.651. The lowest BCUT2D eigenvalue weighted by atomic mass is 10.0. The van der Waals surface area contributed by atoms with Crippen molar-refractivity contribution < 1.29 is 19.7 Å². The molecule has 0 saturated carbocycles. The SMILES string of the molecule is COc1ccc(/C(=C/c2cc(Br)ccc2O)C(=O)O)cc1. The third-order valence-corrected chi connectivity index (χ3v) is 3.41. The lowest BCUT2D eigenvalue weighted by molar-refractivity contribution is -0.130. The first-order chi connectivity index (χ1) is 10.0.